The number of benzene rings is 3. The number of anilines is 1. The average molecular weight is 317 g/mol. The first-order chi connectivity index (χ1) is 11.7. The average Bonchev–Trinajstić information content (AvgIpc) is 2.59. The molecule has 24 heavy (non-hydrogen) atoms. The fourth-order valence-electron chi connectivity index (χ4n) is 2.98. The van der Waals surface area contributed by atoms with Crippen molar-refractivity contribution in [2.75, 3.05) is 12.8 Å². The van der Waals surface area contributed by atoms with Gasteiger partial charge >= 0.3 is 0 Å². The molecule has 4 rings (SSSR count). The summed E-state index contributed by atoms with van der Waals surface area (Å²) < 4.78 is 11.3. The Bertz CT molecular complexity index is 1080. The molecule has 4 heteroatoms. The van der Waals surface area contributed by atoms with Gasteiger partial charge in [0, 0.05) is 34.3 Å². The molecule has 1 aliphatic carbocycles. The summed E-state index contributed by atoms with van der Waals surface area (Å²) in [6.07, 6.45) is 0. The SMILES string of the molecule is COc1cccc(-c2c3ccc(=O)cc-3oc3cc(N)ccc23)c1. The second kappa shape index (κ2) is 5.42. The van der Waals surface area contributed by atoms with Crippen LogP contribution in [-0.2, 0) is 0 Å². The van der Waals surface area contributed by atoms with E-state index in [-0.39, 0.29) is 5.43 Å². The molecule has 2 aromatic rings. The summed E-state index contributed by atoms with van der Waals surface area (Å²) in [7, 11) is 1.64. The van der Waals surface area contributed by atoms with Gasteiger partial charge in [-0.25, -0.2) is 0 Å². The van der Waals surface area contributed by atoms with Crippen LogP contribution in [-0.4, -0.2) is 7.11 Å². The molecule has 0 bridgehead atoms. The first kappa shape index (κ1) is 14.3. The van der Waals surface area contributed by atoms with Gasteiger partial charge in [-0.15, -0.1) is 0 Å². The molecule has 2 aromatic carbocycles. The largest absolute Gasteiger partial charge is 0.497 e. The molecule has 0 atom stereocenters. The molecular formula is C20H15NO3. The van der Waals surface area contributed by atoms with E-state index in [1.54, 1.807) is 25.3 Å². The highest BCUT2D eigenvalue weighted by Gasteiger charge is 2.17. The van der Waals surface area contributed by atoms with Crippen LogP contribution < -0.4 is 15.9 Å². The zero-order valence-corrected chi connectivity index (χ0v) is 13.1. The van der Waals surface area contributed by atoms with Crippen molar-refractivity contribution >= 4 is 16.7 Å². The van der Waals surface area contributed by atoms with Gasteiger partial charge in [-0.1, -0.05) is 12.1 Å². The molecule has 0 unspecified atom stereocenters. The summed E-state index contributed by atoms with van der Waals surface area (Å²) >= 11 is 0. The number of ether oxygens (including phenoxy) is 1. The molecule has 0 aromatic heterocycles. The lowest BCUT2D eigenvalue weighted by Crippen LogP contribution is -2.00. The van der Waals surface area contributed by atoms with Gasteiger partial charge in [-0.05, 0) is 42.0 Å². The first-order valence-electron chi connectivity index (χ1n) is 7.56. The van der Waals surface area contributed by atoms with Crippen LogP contribution in [0.3, 0.4) is 0 Å². The number of rotatable bonds is 2. The lowest BCUT2D eigenvalue weighted by atomic mass is 9.93. The van der Waals surface area contributed by atoms with Crippen molar-refractivity contribution in [1.29, 1.82) is 0 Å². The van der Waals surface area contributed by atoms with Gasteiger partial charge in [0.2, 0.25) is 0 Å². The second-order valence-corrected chi connectivity index (χ2v) is 5.62. The van der Waals surface area contributed by atoms with E-state index in [1.165, 1.54) is 6.07 Å². The highest BCUT2D eigenvalue weighted by molar-refractivity contribution is 6.02. The first-order valence-corrected chi connectivity index (χ1v) is 7.56. The minimum atomic E-state index is -0.0916. The molecule has 0 radical (unpaired) electrons. The Kier molecular flexibility index (Phi) is 3.24. The van der Waals surface area contributed by atoms with E-state index in [2.05, 4.69) is 0 Å². The topological polar surface area (TPSA) is 65.5 Å². The summed E-state index contributed by atoms with van der Waals surface area (Å²) in [5, 5.41) is 0.934. The van der Waals surface area contributed by atoms with Crippen molar-refractivity contribution in [3.05, 3.63) is 70.9 Å². The van der Waals surface area contributed by atoms with Crippen LogP contribution in [0.4, 0.5) is 5.69 Å². The molecule has 2 aliphatic rings. The maximum absolute atomic E-state index is 11.7. The molecule has 0 spiro atoms. The molecular weight excluding hydrogens is 302 g/mol. The second-order valence-electron chi connectivity index (χ2n) is 5.62. The Labute approximate surface area is 138 Å². The van der Waals surface area contributed by atoms with Gasteiger partial charge in [-0.2, -0.15) is 0 Å². The Balaban J connectivity index is 2.16. The molecule has 0 fully saturated rings. The number of nitrogen functional groups attached to an aromatic ring is 1. The van der Waals surface area contributed by atoms with E-state index in [0.717, 1.165) is 27.8 Å². The summed E-state index contributed by atoms with van der Waals surface area (Å²) in [6, 6.07) is 18.2. The smallest absolute Gasteiger partial charge is 0.182 e. The van der Waals surface area contributed by atoms with Crippen LogP contribution in [0.1, 0.15) is 0 Å². The third-order valence-electron chi connectivity index (χ3n) is 4.08. The van der Waals surface area contributed by atoms with Gasteiger partial charge in [-0.3, -0.25) is 4.79 Å². The number of hydrogen-bond acceptors (Lipinski definition) is 4. The Hall–Kier alpha value is -3.27. The van der Waals surface area contributed by atoms with E-state index in [4.69, 9.17) is 14.9 Å². The molecule has 118 valence electrons. The minimum absolute atomic E-state index is 0.0916. The van der Waals surface area contributed by atoms with Gasteiger partial charge in [0.15, 0.2) is 5.43 Å². The van der Waals surface area contributed by atoms with Crippen LogP contribution in [0.2, 0.25) is 0 Å². The van der Waals surface area contributed by atoms with E-state index in [1.807, 2.05) is 36.4 Å². The molecule has 2 N–H and O–H groups in total. The van der Waals surface area contributed by atoms with Gasteiger partial charge < -0.3 is 14.9 Å². The monoisotopic (exact) mass is 317 g/mol. The maximum Gasteiger partial charge on any atom is 0.182 e. The fraction of sp³-hybridized carbons (Fsp3) is 0.0500. The molecule has 0 saturated carbocycles. The highest BCUT2D eigenvalue weighted by Crippen LogP contribution is 2.40. The third kappa shape index (κ3) is 2.29. The van der Waals surface area contributed by atoms with Crippen LogP contribution in [0, 0.1) is 0 Å². The van der Waals surface area contributed by atoms with Crippen molar-refractivity contribution < 1.29 is 9.15 Å². The predicted molar refractivity (Wildman–Crippen MR) is 95.5 cm³/mol. The summed E-state index contributed by atoms with van der Waals surface area (Å²) in [4.78, 5) is 11.7. The summed E-state index contributed by atoms with van der Waals surface area (Å²) in [5.74, 6) is 1.31. The van der Waals surface area contributed by atoms with Gasteiger partial charge in [0.05, 0.1) is 7.11 Å². The minimum Gasteiger partial charge on any atom is -0.497 e. The normalized spacial score (nSPS) is 11.0. The Morgan fingerprint density at radius 1 is 1.00 bits per heavy atom. The van der Waals surface area contributed by atoms with Crippen molar-refractivity contribution in [3.8, 4) is 28.2 Å². The lowest BCUT2D eigenvalue weighted by molar-refractivity contribution is 0.415. The summed E-state index contributed by atoms with van der Waals surface area (Å²) in [5.41, 5.74) is 9.91. The van der Waals surface area contributed by atoms with Crippen LogP contribution in [0.5, 0.6) is 5.75 Å². The van der Waals surface area contributed by atoms with Crippen LogP contribution >= 0.6 is 0 Å². The van der Waals surface area contributed by atoms with Crippen molar-refractivity contribution in [1.82, 2.24) is 0 Å². The number of methoxy groups -OCH3 is 1. The fourth-order valence-corrected chi connectivity index (χ4v) is 2.98. The van der Waals surface area contributed by atoms with E-state index < -0.39 is 0 Å². The van der Waals surface area contributed by atoms with Gasteiger partial charge in [0.1, 0.15) is 17.1 Å². The number of hydrogen-bond donors (Lipinski definition) is 1. The molecule has 0 amide bonds. The number of fused-ring (bicyclic) bond motifs is 2. The molecule has 0 saturated heterocycles. The van der Waals surface area contributed by atoms with Crippen molar-refractivity contribution in [3.63, 3.8) is 0 Å². The lowest BCUT2D eigenvalue weighted by Gasteiger charge is -2.15. The zero-order valence-electron chi connectivity index (χ0n) is 13.1. The molecule has 1 aliphatic heterocycles. The number of nitrogens with two attached hydrogens (primary N) is 1. The third-order valence-corrected chi connectivity index (χ3v) is 4.08. The summed E-state index contributed by atoms with van der Waals surface area (Å²) in [6.45, 7) is 0. The van der Waals surface area contributed by atoms with E-state index in [0.29, 0.717) is 17.0 Å². The van der Waals surface area contributed by atoms with Crippen LogP contribution in [0.25, 0.3) is 33.4 Å². The quantitative estimate of drug-likeness (QED) is 0.445. The molecule has 4 nitrogen and oxygen atoms in total. The van der Waals surface area contributed by atoms with E-state index >= 15 is 0 Å². The standard InChI is InChI=1S/C20H15NO3/c1-23-15-4-2-3-12(9-15)20-16-7-5-13(21)10-18(16)24-19-11-14(22)6-8-17(19)20/h2-11H,21H2,1H3. The van der Waals surface area contributed by atoms with Gasteiger partial charge in [0.25, 0.3) is 0 Å². The predicted octanol–water partition coefficient (Wildman–Crippen LogP) is 4.16. The Morgan fingerprint density at radius 2 is 1.88 bits per heavy atom. The molecule has 1 heterocycles. The highest BCUT2D eigenvalue weighted by atomic mass is 16.5. The van der Waals surface area contributed by atoms with Crippen molar-refractivity contribution in [2.24, 2.45) is 0 Å². The Morgan fingerprint density at radius 3 is 2.71 bits per heavy atom. The van der Waals surface area contributed by atoms with E-state index in [9.17, 15) is 4.79 Å². The maximum atomic E-state index is 11.7. The van der Waals surface area contributed by atoms with Crippen molar-refractivity contribution in [2.45, 2.75) is 0 Å². The zero-order chi connectivity index (χ0) is 16.7. The van der Waals surface area contributed by atoms with Crippen LogP contribution in [0.15, 0.2) is 69.9 Å².